The Labute approximate surface area is 136 Å². The lowest BCUT2D eigenvalue weighted by atomic mass is 10.1. The van der Waals surface area contributed by atoms with Gasteiger partial charge in [-0.15, -0.1) is 0 Å². The minimum Gasteiger partial charge on any atom is -0.384 e. The van der Waals surface area contributed by atoms with Crippen LogP contribution in [0.2, 0.25) is 0 Å². The molecular weight excluding hydrogens is 294 g/mol. The summed E-state index contributed by atoms with van der Waals surface area (Å²) in [6.07, 6.45) is 4.45. The Bertz CT molecular complexity index is 537. The number of aliphatic hydroxyl groups is 1. The van der Waals surface area contributed by atoms with Crippen molar-refractivity contribution in [3.05, 3.63) is 12.4 Å². The third kappa shape index (κ3) is 3.72. The number of piperidine rings is 1. The summed E-state index contributed by atoms with van der Waals surface area (Å²) >= 11 is 0. The first-order valence-corrected chi connectivity index (χ1v) is 8.44. The van der Waals surface area contributed by atoms with Gasteiger partial charge in [-0.05, 0) is 26.2 Å². The summed E-state index contributed by atoms with van der Waals surface area (Å²) in [5, 5.41) is 9.41. The van der Waals surface area contributed by atoms with Gasteiger partial charge in [-0.3, -0.25) is 4.79 Å². The lowest BCUT2D eigenvalue weighted by molar-refractivity contribution is -0.139. The van der Waals surface area contributed by atoms with E-state index in [0.717, 1.165) is 37.8 Å². The predicted octanol–water partition coefficient (Wildman–Crippen LogP) is 0.496. The van der Waals surface area contributed by atoms with Crippen molar-refractivity contribution in [2.75, 3.05) is 49.1 Å². The molecule has 0 aromatic carbocycles. The van der Waals surface area contributed by atoms with Crippen molar-refractivity contribution in [3.63, 3.8) is 0 Å². The first kappa shape index (κ1) is 16.0. The van der Waals surface area contributed by atoms with Crippen LogP contribution in [0.25, 0.3) is 0 Å². The predicted molar refractivity (Wildman–Crippen MR) is 88.6 cm³/mol. The Hall–Kier alpha value is -1.89. The van der Waals surface area contributed by atoms with Crippen LogP contribution in [-0.4, -0.2) is 71.3 Å². The van der Waals surface area contributed by atoms with E-state index >= 15 is 0 Å². The molecule has 1 aromatic rings. The molecule has 7 nitrogen and oxygen atoms in total. The summed E-state index contributed by atoms with van der Waals surface area (Å²) in [4.78, 5) is 26.9. The summed E-state index contributed by atoms with van der Waals surface area (Å²) in [5.74, 6) is 1.73. The maximum Gasteiger partial charge on any atom is 0.251 e. The van der Waals surface area contributed by atoms with E-state index in [1.165, 1.54) is 26.2 Å². The number of anilines is 2. The number of carbonyl (C=O) groups is 1. The van der Waals surface area contributed by atoms with Crippen molar-refractivity contribution in [2.45, 2.75) is 32.3 Å². The van der Waals surface area contributed by atoms with E-state index in [4.69, 9.17) is 0 Å². The Morgan fingerprint density at radius 1 is 1.00 bits per heavy atom. The smallest absolute Gasteiger partial charge is 0.251 e. The van der Waals surface area contributed by atoms with Crippen molar-refractivity contribution < 1.29 is 9.90 Å². The van der Waals surface area contributed by atoms with Crippen LogP contribution < -0.4 is 9.80 Å². The monoisotopic (exact) mass is 319 g/mol. The fraction of sp³-hybridized carbons (Fsp3) is 0.688. The molecule has 3 heterocycles. The highest BCUT2D eigenvalue weighted by Crippen LogP contribution is 2.22. The molecule has 0 saturated carbocycles. The number of hydrogen-bond donors (Lipinski definition) is 1. The molecule has 2 saturated heterocycles. The molecule has 23 heavy (non-hydrogen) atoms. The summed E-state index contributed by atoms with van der Waals surface area (Å²) in [5.41, 5.74) is 0. The average Bonchev–Trinajstić information content (AvgIpc) is 2.62. The number of amides is 1. The maximum absolute atomic E-state index is 11.8. The quantitative estimate of drug-likeness (QED) is 0.874. The van der Waals surface area contributed by atoms with E-state index in [2.05, 4.69) is 25.8 Å². The van der Waals surface area contributed by atoms with E-state index in [9.17, 15) is 9.90 Å². The zero-order chi connectivity index (χ0) is 16.2. The lowest BCUT2D eigenvalue weighted by Crippen LogP contribution is -2.51. The summed E-state index contributed by atoms with van der Waals surface area (Å²) in [7, 11) is 0. The SMILES string of the molecule is CC(O)C(=O)N1CCN(c2cc(N3CCCCC3)ncn2)CC1. The minimum absolute atomic E-state index is 0.193. The normalized spacial score (nSPS) is 20.5. The fourth-order valence-electron chi connectivity index (χ4n) is 3.23. The topological polar surface area (TPSA) is 72.8 Å². The van der Waals surface area contributed by atoms with E-state index in [1.807, 2.05) is 0 Å². The van der Waals surface area contributed by atoms with Crippen LogP contribution in [0.3, 0.4) is 0 Å². The van der Waals surface area contributed by atoms with Crippen LogP contribution in [0.4, 0.5) is 11.6 Å². The fourth-order valence-corrected chi connectivity index (χ4v) is 3.23. The highest BCUT2D eigenvalue weighted by atomic mass is 16.3. The van der Waals surface area contributed by atoms with Crippen LogP contribution in [0.5, 0.6) is 0 Å². The Morgan fingerprint density at radius 2 is 1.57 bits per heavy atom. The number of piperazine rings is 1. The van der Waals surface area contributed by atoms with Gasteiger partial charge in [0.25, 0.3) is 5.91 Å². The second kappa shape index (κ2) is 7.12. The molecule has 7 heteroatoms. The van der Waals surface area contributed by atoms with Crippen molar-refractivity contribution in [3.8, 4) is 0 Å². The van der Waals surface area contributed by atoms with Gasteiger partial charge in [-0.25, -0.2) is 9.97 Å². The van der Waals surface area contributed by atoms with Gasteiger partial charge in [-0.2, -0.15) is 0 Å². The van der Waals surface area contributed by atoms with Gasteiger partial charge >= 0.3 is 0 Å². The first-order chi connectivity index (χ1) is 11.1. The Morgan fingerprint density at radius 3 is 2.13 bits per heavy atom. The Balaban J connectivity index is 1.63. The van der Waals surface area contributed by atoms with E-state index in [-0.39, 0.29) is 5.91 Å². The standard InChI is InChI=1S/C16H25N5O2/c1-13(22)16(23)21-9-7-20(8-10-21)15-11-14(17-12-18-15)19-5-3-2-4-6-19/h11-13,22H,2-10H2,1H3. The largest absolute Gasteiger partial charge is 0.384 e. The summed E-state index contributed by atoms with van der Waals surface area (Å²) in [6, 6.07) is 2.05. The number of nitrogens with zero attached hydrogens (tertiary/aromatic N) is 5. The number of hydrogen-bond acceptors (Lipinski definition) is 6. The highest BCUT2D eigenvalue weighted by Gasteiger charge is 2.24. The second-order valence-corrected chi connectivity index (χ2v) is 6.27. The molecule has 1 amide bonds. The van der Waals surface area contributed by atoms with Gasteiger partial charge < -0.3 is 19.8 Å². The zero-order valence-corrected chi connectivity index (χ0v) is 13.7. The first-order valence-electron chi connectivity index (χ1n) is 8.44. The van der Waals surface area contributed by atoms with Gasteiger partial charge in [0, 0.05) is 45.3 Å². The molecule has 2 aliphatic rings. The van der Waals surface area contributed by atoms with Gasteiger partial charge in [0.2, 0.25) is 0 Å². The molecule has 0 spiro atoms. The van der Waals surface area contributed by atoms with Gasteiger partial charge in [0.05, 0.1) is 0 Å². The molecule has 0 bridgehead atoms. The number of rotatable bonds is 3. The maximum atomic E-state index is 11.8. The molecule has 2 fully saturated rings. The number of carbonyl (C=O) groups excluding carboxylic acids is 1. The number of aliphatic hydroxyl groups excluding tert-OH is 1. The summed E-state index contributed by atoms with van der Waals surface area (Å²) in [6.45, 7) is 6.34. The van der Waals surface area contributed by atoms with E-state index in [1.54, 1.807) is 11.2 Å². The van der Waals surface area contributed by atoms with Crippen LogP contribution >= 0.6 is 0 Å². The van der Waals surface area contributed by atoms with E-state index in [0.29, 0.717) is 13.1 Å². The van der Waals surface area contributed by atoms with Gasteiger partial charge in [0.1, 0.15) is 24.1 Å². The van der Waals surface area contributed by atoms with Crippen molar-refractivity contribution in [2.24, 2.45) is 0 Å². The van der Waals surface area contributed by atoms with Crippen LogP contribution in [0, 0.1) is 0 Å². The van der Waals surface area contributed by atoms with Crippen molar-refractivity contribution >= 4 is 17.5 Å². The second-order valence-electron chi connectivity index (χ2n) is 6.27. The molecule has 1 aromatic heterocycles. The lowest BCUT2D eigenvalue weighted by Gasteiger charge is -2.36. The molecule has 3 rings (SSSR count). The van der Waals surface area contributed by atoms with Crippen LogP contribution in [0.1, 0.15) is 26.2 Å². The summed E-state index contributed by atoms with van der Waals surface area (Å²) < 4.78 is 0. The molecule has 1 atom stereocenters. The molecule has 0 aliphatic carbocycles. The highest BCUT2D eigenvalue weighted by molar-refractivity contribution is 5.80. The molecule has 0 radical (unpaired) electrons. The number of aromatic nitrogens is 2. The van der Waals surface area contributed by atoms with Crippen LogP contribution in [0.15, 0.2) is 12.4 Å². The van der Waals surface area contributed by atoms with Gasteiger partial charge in [-0.1, -0.05) is 0 Å². The van der Waals surface area contributed by atoms with Crippen LogP contribution in [-0.2, 0) is 4.79 Å². The molecule has 1 unspecified atom stereocenters. The minimum atomic E-state index is -0.925. The Kier molecular flexibility index (Phi) is 4.95. The molecule has 1 N–H and O–H groups in total. The third-order valence-electron chi connectivity index (χ3n) is 4.59. The molecular formula is C16H25N5O2. The van der Waals surface area contributed by atoms with Crippen molar-refractivity contribution in [1.29, 1.82) is 0 Å². The third-order valence-corrected chi connectivity index (χ3v) is 4.59. The van der Waals surface area contributed by atoms with Gasteiger partial charge in [0.15, 0.2) is 0 Å². The molecule has 2 aliphatic heterocycles. The zero-order valence-electron chi connectivity index (χ0n) is 13.7. The van der Waals surface area contributed by atoms with Crippen molar-refractivity contribution in [1.82, 2.24) is 14.9 Å². The average molecular weight is 319 g/mol. The molecule has 126 valence electrons. The van der Waals surface area contributed by atoms with E-state index < -0.39 is 6.10 Å².